The fourth-order valence-electron chi connectivity index (χ4n) is 3.37. The van der Waals surface area contributed by atoms with E-state index in [2.05, 4.69) is 14.3 Å². The van der Waals surface area contributed by atoms with Gasteiger partial charge in [-0.2, -0.15) is 4.83 Å². The predicted octanol–water partition coefficient (Wildman–Crippen LogP) is 3.61. The van der Waals surface area contributed by atoms with Crippen LogP contribution in [0.1, 0.15) is 64.2 Å². The van der Waals surface area contributed by atoms with E-state index in [-0.39, 0.29) is 0 Å². The highest BCUT2D eigenvalue weighted by Crippen LogP contribution is 2.21. The van der Waals surface area contributed by atoms with Crippen molar-refractivity contribution in [2.45, 2.75) is 70.3 Å². The molecule has 112 valence electrons. The van der Waals surface area contributed by atoms with Crippen molar-refractivity contribution in [2.75, 3.05) is 26.2 Å². The first-order chi connectivity index (χ1) is 9.36. The zero-order valence-corrected chi connectivity index (χ0v) is 13.5. The molecule has 1 saturated heterocycles. The van der Waals surface area contributed by atoms with Crippen molar-refractivity contribution in [1.82, 2.24) is 9.73 Å². The van der Waals surface area contributed by atoms with Gasteiger partial charge in [-0.1, -0.05) is 51.4 Å². The summed E-state index contributed by atoms with van der Waals surface area (Å²) in [5.74, 6) is 0. The standard InChI is InChI=1S/C15H31N2OP/c19-17-12-11-16(13-14-18-17)15-9-7-5-3-1-2-4-6-8-10-15/h15H,1-14,19H2. The Kier molecular flexibility index (Phi) is 7.67. The van der Waals surface area contributed by atoms with Gasteiger partial charge in [0.1, 0.15) is 0 Å². The lowest BCUT2D eigenvalue weighted by molar-refractivity contribution is -0.0625. The second-order valence-corrected chi connectivity index (χ2v) is 6.65. The molecule has 0 N–H and O–H groups in total. The van der Waals surface area contributed by atoms with Gasteiger partial charge in [-0.25, -0.2) is 0 Å². The van der Waals surface area contributed by atoms with Gasteiger partial charge < -0.3 is 0 Å². The Morgan fingerprint density at radius 2 is 1.32 bits per heavy atom. The summed E-state index contributed by atoms with van der Waals surface area (Å²) in [6, 6.07) is 0.804. The van der Waals surface area contributed by atoms with Crippen LogP contribution in [0.4, 0.5) is 0 Å². The minimum Gasteiger partial charge on any atom is -0.297 e. The zero-order valence-electron chi connectivity index (χ0n) is 12.4. The van der Waals surface area contributed by atoms with Crippen LogP contribution in [0.2, 0.25) is 0 Å². The average molecular weight is 286 g/mol. The minimum atomic E-state index is 0.804. The van der Waals surface area contributed by atoms with Crippen LogP contribution in [0.15, 0.2) is 0 Å². The Morgan fingerprint density at radius 3 is 1.95 bits per heavy atom. The topological polar surface area (TPSA) is 15.7 Å². The summed E-state index contributed by atoms with van der Waals surface area (Å²) in [5.41, 5.74) is 0. The molecule has 0 aromatic heterocycles. The lowest BCUT2D eigenvalue weighted by atomic mass is 10.0. The molecule has 2 aliphatic rings. The van der Waals surface area contributed by atoms with Crippen LogP contribution < -0.4 is 0 Å². The number of rotatable bonds is 1. The molecule has 1 aliphatic carbocycles. The summed E-state index contributed by atoms with van der Waals surface area (Å²) in [6.45, 7) is 4.13. The van der Waals surface area contributed by atoms with E-state index in [9.17, 15) is 0 Å². The molecule has 0 spiro atoms. The molecule has 3 nitrogen and oxygen atoms in total. The third kappa shape index (κ3) is 6.08. The Bertz CT molecular complexity index is 228. The molecule has 19 heavy (non-hydrogen) atoms. The van der Waals surface area contributed by atoms with Crippen LogP contribution in [0, 0.1) is 0 Å². The first-order valence-corrected chi connectivity index (χ1v) is 8.77. The third-order valence-corrected chi connectivity index (χ3v) is 4.99. The van der Waals surface area contributed by atoms with Gasteiger partial charge in [-0.05, 0) is 22.2 Å². The SMILES string of the molecule is PN1CCN(C2CCCCCCCCCC2)CCO1. The van der Waals surface area contributed by atoms with E-state index >= 15 is 0 Å². The number of hydrogen-bond acceptors (Lipinski definition) is 3. The minimum absolute atomic E-state index is 0.804. The van der Waals surface area contributed by atoms with Crippen LogP contribution in [0.3, 0.4) is 0 Å². The molecule has 2 rings (SSSR count). The normalized spacial score (nSPS) is 27.6. The molecule has 1 unspecified atom stereocenters. The molecule has 0 bridgehead atoms. The molecule has 0 aromatic rings. The maximum atomic E-state index is 5.60. The van der Waals surface area contributed by atoms with Crippen molar-refractivity contribution >= 4 is 9.39 Å². The highest BCUT2D eigenvalue weighted by molar-refractivity contribution is 7.13. The monoisotopic (exact) mass is 286 g/mol. The molecule has 4 heteroatoms. The predicted molar refractivity (Wildman–Crippen MR) is 83.9 cm³/mol. The summed E-state index contributed by atoms with van der Waals surface area (Å²) in [6.07, 6.45) is 14.4. The van der Waals surface area contributed by atoms with E-state index in [0.717, 1.165) is 32.3 Å². The van der Waals surface area contributed by atoms with E-state index < -0.39 is 0 Å². The molecule has 1 heterocycles. The molecule has 1 atom stereocenters. The second-order valence-electron chi connectivity index (χ2n) is 6.07. The molecular weight excluding hydrogens is 255 g/mol. The maximum absolute atomic E-state index is 5.60. The van der Waals surface area contributed by atoms with Crippen LogP contribution in [0.5, 0.6) is 0 Å². The van der Waals surface area contributed by atoms with Gasteiger partial charge in [-0.15, -0.1) is 0 Å². The fourth-order valence-corrected chi connectivity index (χ4v) is 3.59. The molecule has 1 saturated carbocycles. The van der Waals surface area contributed by atoms with Crippen molar-refractivity contribution in [3.05, 3.63) is 0 Å². The van der Waals surface area contributed by atoms with Crippen LogP contribution >= 0.6 is 9.39 Å². The van der Waals surface area contributed by atoms with Gasteiger partial charge >= 0.3 is 0 Å². The van der Waals surface area contributed by atoms with E-state index in [1.165, 1.54) is 64.2 Å². The van der Waals surface area contributed by atoms with E-state index in [1.54, 1.807) is 0 Å². The van der Waals surface area contributed by atoms with E-state index in [4.69, 9.17) is 4.84 Å². The first kappa shape index (κ1) is 15.7. The molecule has 0 aromatic carbocycles. The van der Waals surface area contributed by atoms with Crippen LogP contribution in [-0.4, -0.2) is 42.0 Å². The summed E-state index contributed by atoms with van der Waals surface area (Å²) >= 11 is 0. The highest BCUT2D eigenvalue weighted by atomic mass is 31.0. The average Bonchev–Trinajstić information content (AvgIpc) is 2.65. The van der Waals surface area contributed by atoms with Crippen LogP contribution in [-0.2, 0) is 4.84 Å². The Hall–Kier alpha value is 0.310. The largest absolute Gasteiger partial charge is 0.297 e. The van der Waals surface area contributed by atoms with Gasteiger partial charge in [0.25, 0.3) is 0 Å². The quantitative estimate of drug-likeness (QED) is 0.685. The number of nitrogens with zero attached hydrogens (tertiary/aromatic N) is 2. The molecular formula is C15H31N2OP. The lowest BCUT2D eigenvalue weighted by Crippen LogP contribution is -2.38. The van der Waals surface area contributed by atoms with Gasteiger partial charge in [0.2, 0.25) is 0 Å². The van der Waals surface area contributed by atoms with Gasteiger partial charge in [0, 0.05) is 25.7 Å². The number of hydrogen-bond donors (Lipinski definition) is 0. The first-order valence-electron chi connectivity index (χ1n) is 8.25. The molecule has 0 radical (unpaired) electrons. The van der Waals surface area contributed by atoms with Crippen molar-refractivity contribution in [3.63, 3.8) is 0 Å². The summed E-state index contributed by atoms with van der Waals surface area (Å²) < 4.78 is 0. The van der Waals surface area contributed by atoms with E-state index in [1.807, 2.05) is 4.83 Å². The molecule has 0 amide bonds. The van der Waals surface area contributed by atoms with Gasteiger partial charge in [0.15, 0.2) is 0 Å². The summed E-state index contributed by atoms with van der Waals surface area (Å²) in [4.78, 5) is 10.2. The van der Waals surface area contributed by atoms with Crippen LogP contribution in [0.25, 0.3) is 0 Å². The maximum Gasteiger partial charge on any atom is 0.0815 e. The van der Waals surface area contributed by atoms with Crippen molar-refractivity contribution < 1.29 is 4.84 Å². The molecule has 1 aliphatic heterocycles. The summed E-state index contributed by atoms with van der Waals surface area (Å²) in [7, 11) is 2.67. The highest BCUT2D eigenvalue weighted by Gasteiger charge is 2.21. The van der Waals surface area contributed by atoms with Crippen molar-refractivity contribution in [1.29, 1.82) is 0 Å². The zero-order chi connectivity index (χ0) is 13.3. The van der Waals surface area contributed by atoms with E-state index in [0.29, 0.717) is 0 Å². The van der Waals surface area contributed by atoms with Crippen molar-refractivity contribution in [2.24, 2.45) is 0 Å². The smallest absolute Gasteiger partial charge is 0.0815 e. The summed E-state index contributed by atoms with van der Waals surface area (Å²) in [5, 5.41) is 0. The Balaban J connectivity index is 1.82. The van der Waals surface area contributed by atoms with Gasteiger partial charge in [-0.3, -0.25) is 9.74 Å². The Morgan fingerprint density at radius 1 is 0.737 bits per heavy atom. The third-order valence-electron chi connectivity index (χ3n) is 4.58. The Labute approximate surface area is 121 Å². The van der Waals surface area contributed by atoms with Gasteiger partial charge in [0.05, 0.1) is 6.61 Å². The fraction of sp³-hybridized carbons (Fsp3) is 1.00. The number of hydroxylamine groups is 1. The second kappa shape index (κ2) is 9.28. The van der Waals surface area contributed by atoms with Crippen molar-refractivity contribution in [3.8, 4) is 0 Å². The lowest BCUT2D eigenvalue weighted by Gasteiger charge is -2.30. The molecule has 2 fully saturated rings.